The fraction of sp³-hybridized carbons (Fsp3) is 0.286. The van der Waals surface area contributed by atoms with Crippen molar-refractivity contribution in [2.75, 3.05) is 5.32 Å². The molecule has 9 heteroatoms. The molecule has 3 aromatic rings. The minimum absolute atomic E-state index is 0.180. The van der Waals surface area contributed by atoms with Crippen molar-refractivity contribution in [2.24, 2.45) is 5.92 Å². The molecule has 1 fully saturated rings. The van der Waals surface area contributed by atoms with E-state index in [0.717, 1.165) is 5.56 Å². The van der Waals surface area contributed by atoms with Crippen molar-refractivity contribution in [1.82, 2.24) is 19.7 Å². The molecule has 0 saturated heterocycles. The highest BCUT2D eigenvalue weighted by molar-refractivity contribution is 6.30. The molecule has 0 unspecified atom stereocenters. The van der Waals surface area contributed by atoms with Gasteiger partial charge in [0, 0.05) is 17.4 Å². The number of ketones is 1. The van der Waals surface area contributed by atoms with Crippen LogP contribution in [0.5, 0.6) is 0 Å². The van der Waals surface area contributed by atoms with Gasteiger partial charge in [-0.3, -0.25) is 9.48 Å². The number of carbonyl (C=O) groups is 1. The zero-order chi connectivity index (χ0) is 21.3. The smallest absolute Gasteiger partial charge is 0.218 e. The number of nitrogens with zero attached hydrogens (tertiary/aromatic N) is 4. The number of carbonyl (C=O) groups excluding carboxylic acids is 1. The van der Waals surface area contributed by atoms with Crippen molar-refractivity contribution in [3.05, 3.63) is 77.8 Å². The van der Waals surface area contributed by atoms with E-state index in [1.807, 2.05) is 18.2 Å². The number of alkyl halides is 1. The van der Waals surface area contributed by atoms with Crippen molar-refractivity contribution >= 4 is 23.2 Å². The first kappa shape index (κ1) is 20.4. The number of aliphatic hydroxyl groups excluding tert-OH is 1. The SMILES string of the molecule is [CH2][C@@H]1C[C@@H](Nc2ncncc2C(=O)c2ccn(Cc3cccc(Cl)c3)n2)[C@@H](F)[C@@H]1O. The van der Waals surface area contributed by atoms with E-state index in [2.05, 4.69) is 27.3 Å². The average Bonchev–Trinajstić information content (AvgIpc) is 3.29. The number of nitrogens with one attached hydrogen (secondary N) is 1. The molecule has 1 aliphatic carbocycles. The van der Waals surface area contributed by atoms with E-state index >= 15 is 0 Å². The third kappa shape index (κ3) is 4.20. The molecule has 7 nitrogen and oxygen atoms in total. The van der Waals surface area contributed by atoms with Gasteiger partial charge in [-0.1, -0.05) is 23.7 Å². The van der Waals surface area contributed by atoms with Crippen LogP contribution in [-0.4, -0.2) is 49.0 Å². The maximum absolute atomic E-state index is 14.3. The summed E-state index contributed by atoms with van der Waals surface area (Å²) < 4.78 is 15.9. The molecule has 0 bridgehead atoms. The van der Waals surface area contributed by atoms with Gasteiger partial charge in [-0.25, -0.2) is 14.4 Å². The molecule has 0 amide bonds. The van der Waals surface area contributed by atoms with Gasteiger partial charge in [0.1, 0.15) is 24.0 Å². The lowest BCUT2D eigenvalue weighted by molar-refractivity contribution is 0.0793. The normalized spacial score (nSPS) is 23.5. The van der Waals surface area contributed by atoms with Crippen LogP contribution in [0.15, 0.2) is 49.1 Å². The second kappa shape index (κ2) is 8.49. The Morgan fingerprint density at radius 1 is 1.40 bits per heavy atom. The highest BCUT2D eigenvalue weighted by Crippen LogP contribution is 2.31. The van der Waals surface area contributed by atoms with Crippen LogP contribution in [0.1, 0.15) is 28.0 Å². The van der Waals surface area contributed by atoms with Crippen molar-refractivity contribution in [3.63, 3.8) is 0 Å². The molecule has 0 spiro atoms. The van der Waals surface area contributed by atoms with Crippen molar-refractivity contribution in [2.45, 2.75) is 31.3 Å². The third-order valence-electron chi connectivity index (χ3n) is 5.14. The Morgan fingerprint density at radius 3 is 2.97 bits per heavy atom. The van der Waals surface area contributed by atoms with E-state index in [-0.39, 0.29) is 22.9 Å². The molecule has 1 aliphatic rings. The summed E-state index contributed by atoms with van der Waals surface area (Å²) in [7, 11) is 0. The van der Waals surface area contributed by atoms with Gasteiger partial charge in [-0.2, -0.15) is 5.10 Å². The summed E-state index contributed by atoms with van der Waals surface area (Å²) in [6.07, 6.45) is 2.02. The predicted octanol–water partition coefficient (Wildman–Crippen LogP) is 2.94. The monoisotopic (exact) mass is 428 g/mol. The second-order valence-corrected chi connectivity index (χ2v) is 7.76. The summed E-state index contributed by atoms with van der Waals surface area (Å²) in [6.45, 7) is 4.21. The van der Waals surface area contributed by atoms with Crippen molar-refractivity contribution in [1.29, 1.82) is 0 Å². The highest BCUT2D eigenvalue weighted by atomic mass is 35.5. The fourth-order valence-electron chi connectivity index (χ4n) is 3.55. The van der Waals surface area contributed by atoms with Gasteiger partial charge in [-0.15, -0.1) is 0 Å². The van der Waals surface area contributed by atoms with Crippen molar-refractivity contribution in [3.8, 4) is 0 Å². The largest absolute Gasteiger partial charge is 0.390 e. The van der Waals surface area contributed by atoms with Crippen molar-refractivity contribution < 1.29 is 14.3 Å². The summed E-state index contributed by atoms with van der Waals surface area (Å²) in [6, 6.07) is 8.30. The molecule has 4 atom stereocenters. The Morgan fingerprint density at radius 2 is 2.23 bits per heavy atom. The van der Waals surface area contributed by atoms with E-state index in [9.17, 15) is 14.3 Å². The summed E-state index contributed by atoms with van der Waals surface area (Å²) in [5.41, 5.74) is 1.35. The van der Waals surface area contributed by atoms with E-state index in [1.165, 1.54) is 12.5 Å². The zero-order valence-electron chi connectivity index (χ0n) is 15.9. The number of rotatable bonds is 6. The van der Waals surface area contributed by atoms with Gasteiger partial charge in [0.05, 0.1) is 24.3 Å². The minimum Gasteiger partial charge on any atom is -0.390 e. The molecular weight excluding hydrogens is 409 g/mol. The number of aromatic nitrogens is 4. The molecular formula is C21H20ClFN5O2. The first-order valence-corrected chi connectivity index (χ1v) is 9.84. The molecule has 4 rings (SSSR count). The van der Waals surface area contributed by atoms with Gasteiger partial charge < -0.3 is 10.4 Å². The number of hydrogen-bond donors (Lipinski definition) is 2. The molecule has 155 valence electrons. The number of aliphatic hydroxyl groups is 1. The zero-order valence-corrected chi connectivity index (χ0v) is 16.7. The maximum Gasteiger partial charge on any atom is 0.218 e. The Hall–Kier alpha value is -2.84. The summed E-state index contributed by atoms with van der Waals surface area (Å²) in [5.74, 6) is -0.614. The Bertz CT molecular complexity index is 1060. The maximum atomic E-state index is 14.3. The van der Waals surface area contributed by atoms with Crippen LogP contribution >= 0.6 is 11.6 Å². The van der Waals surface area contributed by atoms with Crippen LogP contribution in [0.2, 0.25) is 5.02 Å². The minimum atomic E-state index is -1.50. The third-order valence-corrected chi connectivity index (χ3v) is 5.37. The molecule has 2 aromatic heterocycles. The first-order chi connectivity index (χ1) is 14.4. The van der Waals surface area contributed by atoms with E-state index in [4.69, 9.17) is 11.6 Å². The molecule has 1 saturated carbocycles. The van der Waals surface area contributed by atoms with Gasteiger partial charge in [0.2, 0.25) is 5.78 Å². The number of benzene rings is 1. The Kier molecular flexibility index (Phi) is 5.78. The van der Waals surface area contributed by atoms with Gasteiger partial charge in [0.15, 0.2) is 0 Å². The van der Waals surface area contributed by atoms with Gasteiger partial charge >= 0.3 is 0 Å². The number of halogens is 2. The molecule has 2 heterocycles. The van der Waals surface area contributed by atoms with Crippen LogP contribution in [0, 0.1) is 12.8 Å². The van der Waals surface area contributed by atoms with E-state index < -0.39 is 24.2 Å². The molecule has 1 aromatic carbocycles. The van der Waals surface area contributed by atoms with Gasteiger partial charge in [0.25, 0.3) is 0 Å². The van der Waals surface area contributed by atoms with E-state index in [1.54, 1.807) is 23.0 Å². The van der Waals surface area contributed by atoms with Crippen LogP contribution in [0.25, 0.3) is 0 Å². The van der Waals surface area contributed by atoms with Gasteiger partial charge in [-0.05, 0) is 43.0 Å². The van der Waals surface area contributed by atoms with Crippen LogP contribution in [-0.2, 0) is 6.54 Å². The summed E-state index contributed by atoms with van der Waals surface area (Å²) in [4.78, 5) is 21.0. The molecule has 1 radical (unpaired) electrons. The Balaban J connectivity index is 1.52. The topological polar surface area (TPSA) is 92.9 Å². The lowest BCUT2D eigenvalue weighted by atomic mass is 10.1. The van der Waals surface area contributed by atoms with Crippen LogP contribution in [0.3, 0.4) is 0 Å². The first-order valence-electron chi connectivity index (χ1n) is 9.46. The fourth-order valence-corrected chi connectivity index (χ4v) is 3.76. The van der Waals surface area contributed by atoms with E-state index in [0.29, 0.717) is 18.0 Å². The quantitative estimate of drug-likeness (QED) is 0.586. The lowest BCUT2D eigenvalue weighted by Gasteiger charge is -2.18. The highest BCUT2D eigenvalue weighted by Gasteiger charge is 2.41. The van der Waals surface area contributed by atoms with Crippen LogP contribution in [0.4, 0.5) is 10.2 Å². The standard InChI is InChI=1S/C21H20ClFN5O2/c1-12-7-17(18(23)19(12)29)26-21-15(9-24-11-25-21)20(30)16-5-6-28(27-16)10-13-3-2-4-14(22)8-13/h2-6,8-9,11-12,17-19,29H,1,7,10H2,(H,24,25,26)/t12-,17-,18-,19-/m1/s1. The number of hydrogen-bond acceptors (Lipinski definition) is 6. The number of anilines is 1. The predicted molar refractivity (Wildman–Crippen MR) is 110 cm³/mol. The molecule has 0 aliphatic heterocycles. The van der Waals surface area contributed by atoms with Crippen LogP contribution < -0.4 is 5.32 Å². The molecule has 2 N–H and O–H groups in total. The second-order valence-electron chi connectivity index (χ2n) is 7.32. The summed E-state index contributed by atoms with van der Waals surface area (Å²) >= 11 is 6.01. The Labute approximate surface area is 177 Å². The summed E-state index contributed by atoms with van der Waals surface area (Å²) in [5, 5.41) is 17.7. The lowest BCUT2D eigenvalue weighted by Crippen LogP contribution is -2.32. The molecule has 30 heavy (non-hydrogen) atoms. The average molecular weight is 429 g/mol.